The average molecular weight is 480 g/mol. The third-order valence-corrected chi connectivity index (χ3v) is 8.22. The van der Waals surface area contributed by atoms with Crippen LogP contribution in [-0.2, 0) is 24.8 Å². The summed E-state index contributed by atoms with van der Waals surface area (Å²) >= 11 is 0. The molecule has 2 aromatic carbocycles. The highest BCUT2D eigenvalue weighted by atomic mass is 32.2. The molecule has 1 amide bonds. The lowest BCUT2D eigenvalue weighted by Crippen LogP contribution is -2.41. The molecular formula is C22H29N3O5S2. The summed E-state index contributed by atoms with van der Waals surface area (Å²) in [5.41, 5.74) is 3.33. The number of hydrogen-bond donors (Lipinski definition) is 2. The molecule has 1 aliphatic rings. The Kier molecular flexibility index (Phi) is 6.97. The fourth-order valence-corrected chi connectivity index (χ4v) is 6.13. The van der Waals surface area contributed by atoms with Gasteiger partial charge in [0.05, 0.1) is 16.8 Å². The van der Waals surface area contributed by atoms with Crippen molar-refractivity contribution in [2.24, 2.45) is 5.92 Å². The monoisotopic (exact) mass is 479 g/mol. The lowest BCUT2D eigenvalue weighted by molar-refractivity contribution is -0.120. The number of anilines is 2. The van der Waals surface area contributed by atoms with Crippen molar-refractivity contribution in [3.63, 3.8) is 0 Å². The molecule has 2 aromatic rings. The normalized spacial score (nSPS) is 16.0. The number of hydrogen-bond acceptors (Lipinski definition) is 5. The Labute approximate surface area is 190 Å². The minimum absolute atomic E-state index is 0.206. The number of nitrogens with zero attached hydrogens (tertiary/aromatic N) is 1. The number of aryl methyl sites for hydroxylation is 3. The molecule has 1 heterocycles. The van der Waals surface area contributed by atoms with Crippen LogP contribution in [0.3, 0.4) is 0 Å². The largest absolute Gasteiger partial charge is 0.326 e. The molecular weight excluding hydrogens is 450 g/mol. The molecule has 2 N–H and O–H groups in total. The molecule has 174 valence electrons. The summed E-state index contributed by atoms with van der Waals surface area (Å²) in [6, 6.07) is 10.3. The molecule has 3 rings (SSSR count). The Morgan fingerprint density at radius 2 is 1.59 bits per heavy atom. The van der Waals surface area contributed by atoms with Crippen molar-refractivity contribution < 1.29 is 21.6 Å². The zero-order chi connectivity index (χ0) is 23.7. The first-order valence-corrected chi connectivity index (χ1v) is 13.7. The van der Waals surface area contributed by atoms with Gasteiger partial charge in [0.25, 0.3) is 0 Å². The van der Waals surface area contributed by atoms with Gasteiger partial charge in [0.2, 0.25) is 26.0 Å². The van der Waals surface area contributed by atoms with Gasteiger partial charge in [-0.05, 0) is 62.9 Å². The van der Waals surface area contributed by atoms with Crippen LogP contribution in [0.4, 0.5) is 11.4 Å². The smallest absolute Gasteiger partial charge is 0.243 e. The van der Waals surface area contributed by atoms with E-state index < -0.39 is 20.0 Å². The number of amides is 1. The topological polar surface area (TPSA) is 113 Å². The van der Waals surface area contributed by atoms with Gasteiger partial charge in [0, 0.05) is 24.7 Å². The maximum atomic E-state index is 13.0. The molecule has 10 heteroatoms. The van der Waals surface area contributed by atoms with Crippen LogP contribution in [0.15, 0.2) is 41.3 Å². The summed E-state index contributed by atoms with van der Waals surface area (Å²) in [7, 11) is -7.05. The Morgan fingerprint density at radius 1 is 0.938 bits per heavy atom. The van der Waals surface area contributed by atoms with Crippen LogP contribution in [0.5, 0.6) is 0 Å². The van der Waals surface area contributed by atoms with Crippen LogP contribution in [0.2, 0.25) is 0 Å². The van der Waals surface area contributed by atoms with Crippen molar-refractivity contribution in [1.29, 1.82) is 0 Å². The van der Waals surface area contributed by atoms with Gasteiger partial charge in [-0.2, -0.15) is 4.31 Å². The molecule has 0 bridgehead atoms. The van der Waals surface area contributed by atoms with Crippen LogP contribution in [0.1, 0.15) is 29.5 Å². The highest BCUT2D eigenvalue weighted by Gasteiger charge is 2.32. The van der Waals surface area contributed by atoms with E-state index in [4.69, 9.17) is 0 Å². The van der Waals surface area contributed by atoms with Crippen molar-refractivity contribution >= 4 is 37.3 Å². The van der Waals surface area contributed by atoms with E-state index in [1.807, 2.05) is 13.0 Å². The van der Waals surface area contributed by atoms with E-state index >= 15 is 0 Å². The van der Waals surface area contributed by atoms with Crippen LogP contribution >= 0.6 is 0 Å². The van der Waals surface area contributed by atoms with E-state index in [2.05, 4.69) is 10.0 Å². The van der Waals surface area contributed by atoms with Crippen molar-refractivity contribution in [2.75, 3.05) is 29.4 Å². The number of piperidine rings is 1. The van der Waals surface area contributed by atoms with Gasteiger partial charge in [-0.15, -0.1) is 0 Å². The molecule has 1 aliphatic heterocycles. The van der Waals surface area contributed by atoms with Crippen LogP contribution in [0, 0.1) is 26.7 Å². The average Bonchev–Trinajstić information content (AvgIpc) is 2.69. The standard InChI is InChI=1S/C22H29N3O5S2/c1-15-5-8-21(17(3)13-15)32(29,30)25-11-9-18(10-12-25)22(26)23-19-7-6-16(2)20(14-19)24-31(4,27)28/h5-8,13-14,18,24H,9-12H2,1-4H3,(H,23,26). The first-order chi connectivity index (χ1) is 14.9. The summed E-state index contributed by atoms with van der Waals surface area (Å²) in [6.07, 6.45) is 1.89. The molecule has 0 spiro atoms. The predicted molar refractivity (Wildman–Crippen MR) is 126 cm³/mol. The van der Waals surface area contributed by atoms with Crippen molar-refractivity contribution in [1.82, 2.24) is 4.31 Å². The fourth-order valence-electron chi connectivity index (χ4n) is 3.84. The van der Waals surface area contributed by atoms with E-state index in [1.165, 1.54) is 4.31 Å². The third kappa shape index (κ3) is 5.67. The van der Waals surface area contributed by atoms with E-state index in [1.54, 1.807) is 44.2 Å². The quantitative estimate of drug-likeness (QED) is 0.661. The first kappa shape index (κ1) is 24.2. The Morgan fingerprint density at radius 3 is 2.19 bits per heavy atom. The first-order valence-electron chi connectivity index (χ1n) is 10.3. The Hall–Kier alpha value is -2.43. The summed E-state index contributed by atoms with van der Waals surface area (Å²) in [5, 5.41) is 2.82. The Balaban J connectivity index is 1.65. The molecule has 32 heavy (non-hydrogen) atoms. The fraction of sp³-hybridized carbons (Fsp3) is 0.409. The number of sulfonamides is 2. The number of carbonyl (C=O) groups is 1. The summed E-state index contributed by atoms with van der Waals surface area (Å²) in [5.74, 6) is -0.532. The molecule has 1 fully saturated rings. The van der Waals surface area contributed by atoms with Gasteiger partial charge in [0.15, 0.2) is 0 Å². The third-order valence-electron chi connectivity index (χ3n) is 5.57. The van der Waals surface area contributed by atoms with Gasteiger partial charge in [-0.25, -0.2) is 16.8 Å². The molecule has 0 aromatic heterocycles. The van der Waals surface area contributed by atoms with E-state index in [-0.39, 0.29) is 24.9 Å². The second kappa shape index (κ2) is 9.21. The molecule has 8 nitrogen and oxygen atoms in total. The Bertz CT molecular complexity index is 1230. The maximum absolute atomic E-state index is 13.0. The van der Waals surface area contributed by atoms with Crippen LogP contribution in [0.25, 0.3) is 0 Å². The molecule has 0 atom stereocenters. The number of benzene rings is 2. The van der Waals surface area contributed by atoms with Crippen LogP contribution < -0.4 is 10.0 Å². The molecule has 0 saturated carbocycles. The van der Waals surface area contributed by atoms with E-state index in [9.17, 15) is 21.6 Å². The summed E-state index contributed by atoms with van der Waals surface area (Å²) in [6.45, 7) is 6.01. The highest BCUT2D eigenvalue weighted by molar-refractivity contribution is 7.92. The lowest BCUT2D eigenvalue weighted by atomic mass is 9.97. The second-order valence-electron chi connectivity index (χ2n) is 8.34. The molecule has 1 saturated heterocycles. The van der Waals surface area contributed by atoms with E-state index in [0.717, 1.165) is 17.4 Å². The summed E-state index contributed by atoms with van der Waals surface area (Å²) < 4.78 is 53.0. The number of nitrogens with one attached hydrogen (secondary N) is 2. The van der Waals surface area contributed by atoms with Gasteiger partial charge >= 0.3 is 0 Å². The van der Waals surface area contributed by atoms with Gasteiger partial charge in [-0.3, -0.25) is 9.52 Å². The summed E-state index contributed by atoms with van der Waals surface area (Å²) in [4.78, 5) is 13.1. The minimum Gasteiger partial charge on any atom is -0.326 e. The van der Waals surface area contributed by atoms with E-state index in [0.29, 0.717) is 34.7 Å². The number of rotatable bonds is 6. The molecule has 0 aliphatic carbocycles. The lowest BCUT2D eigenvalue weighted by Gasteiger charge is -2.31. The molecule has 0 unspecified atom stereocenters. The highest BCUT2D eigenvalue weighted by Crippen LogP contribution is 2.28. The SMILES string of the molecule is Cc1ccc(S(=O)(=O)N2CCC(C(=O)Nc3ccc(C)c(NS(C)(=O)=O)c3)CC2)c(C)c1. The second-order valence-corrected chi connectivity index (χ2v) is 12.0. The van der Waals surface area contributed by atoms with Crippen molar-refractivity contribution in [3.8, 4) is 0 Å². The maximum Gasteiger partial charge on any atom is 0.243 e. The van der Waals surface area contributed by atoms with Gasteiger partial charge < -0.3 is 5.32 Å². The zero-order valence-corrected chi connectivity index (χ0v) is 20.3. The van der Waals surface area contributed by atoms with Gasteiger partial charge in [0.1, 0.15) is 0 Å². The van der Waals surface area contributed by atoms with Crippen molar-refractivity contribution in [2.45, 2.75) is 38.5 Å². The number of carbonyl (C=O) groups excluding carboxylic acids is 1. The van der Waals surface area contributed by atoms with Gasteiger partial charge in [-0.1, -0.05) is 23.8 Å². The van der Waals surface area contributed by atoms with Crippen molar-refractivity contribution in [3.05, 3.63) is 53.1 Å². The zero-order valence-electron chi connectivity index (χ0n) is 18.7. The predicted octanol–water partition coefficient (Wildman–Crippen LogP) is 3.02. The minimum atomic E-state index is -3.61. The molecule has 0 radical (unpaired) electrons. The van der Waals surface area contributed by atoms with Crippen LogP contribution in [-0.4, -0.2) is 46.4 Å².